The van der Waals surface area contributed by atoms with Gasteiger partial charge in [0.15, 0.2) is 0 Å². The molecule has 154 valence electrons. The maximum absolute atomic E-state index is 14.7. The Bertz CT molecular complexity index is 1280. The summed E-state index contributed by atoms with van der Waals surface area (Å²) in [6.45, 7) is 1.30. The number of halogens is 3. The van der Waals surface area contributed by atoms with Crippen LogP contribution < -0.4 is 5.56 Å². The molecule has 1 N–H and O–H groups in total. The molecule has 0 saturated heterocycles. The Balaban J connectivity index is 1.90. The molecule has 0 aliphatic rings. The van der Waals surface area contributed by atoms with Gasteiger partial charge < -0.3 is 5.11 Å². The van der Waals surface area contributed by atoms with E-state index in [0.717, 1.165) is 12.1 Å². The maximum atomic E-state index is 14.7. The Kier molecular flexibility index (Phi) is 5.08. The minimum atomic E-state index is -1.98. The molecule has 0 unspecified atom stereocenters. The average Bonchev–Trinajstić information content (AvgIpc) is 3.21. The van der Waals surface area contributed by atoms with Crippen molar-refractivity contribution in [2.75, 3.05) is 0 Å². The van der Waals surface area contributed by atoms with Gasteiger partial charge in [-0.2, -0.15) is 5.10 Å². The van der Waals surface area contributed by atoms with E-state index in [1.807, 2.05) is 0 Å². The third-order valence-electron chi connectivity index (χ3n) is 5.14. The quantitative estimate of drug-likeness (QED) is 0.525. The third-order valence-corrected chi connectivity index (χ3v) is 5.44. The molecule has 7 nitrogen and oxygen atoms in total. The highest BCUT2D eigenvalue weighted by Crippen LogP contribution is 2.36. The molecular formula is C20H16ClF2N5O2. The first kappa shape index (κ1) is 20.1. The van der Waals surface area contributed by atoms with Gasteiger partial charge in [-0.3, -0.25) is 9.36 Å². The van der Waals surface area contributed by atoms with Crippen molar-refractivity contribution in [3.63, 3.8) is 0 Å². The van der Waals surface area contributed by atoms with Gasteiger partial charge in [-0.15, -0.1) is 0 Å². The molecule has 2 heterocycles. The summed E-state index contributed by atoms with van der Waals surface area (Å²) in [5, 5.41) is 16.2. The molecule has 10 heteroatoms. The largest absolute Gasteiger partial charge is 0.381 e. The van der Waals surface area contributed by atoms with Crippen LogP contribution in [0.1, 0.15) is 18.5 Å². The van der Waals surface area contributed by atoms with Crippen LogP contribution in [-0.4, -0.2) is 29.4 Å². The van der Waals surface area contributed by atoms with E-state index in [2.05, 4.69) is 15.1 Å². The van der Waals surface area contributed by atoms with E-state index < -0.39 is 28.8 Å². The van der Waals surface area contributed by atoms with E-state index in [1.54, 1.807) is 25.1 Å². The second-order valence-electron chi connectivity index (χ2n) is 6.91. The van der Waals surface area contributed by atoms with Crippen molar-refractivity contribution in [3.8, 4) is 0 Å². The number of hydrogen-bond acceptors (Lipinski definition) is 5. The molecule has 0 saturated carbocycles. The highest BCUT2D eigenvalue weighted by atomic mass is 35.5. The number of nitrogens with zero attached hydrogens (tertiary/aromatic N) is 5. The molecule has 2 atom stereocenters. The van der Waals surface area contributed by atoms with Crippen LogP contribution >= 0.6 is 11.6 Å². The molecule has 4 aromatic rings. The summed E-state index contributed by atoms with van der Waals surface area (Å²) >= 11 is 6.11. The van der Waals surface area contributed by atoms with Crippen molar-refractivity contribution in [1.82, 2.24) is 24.3 Å². The molecule has 0 amide bonds. The molecule has 2 aromatic carbocycles. The monoisotopic (exact) mass is 431 g/mol. The molecule has 0 radical (unpaired) electrons. The summed E-state index contributed by atoms with van der Waals surface area (Å²) in [5.74, 6) is -1.74. The van der Waals surface area contributed by atoms with Crippen LogP contribution in [0.2, 0.25) is 5.02 Å². The second-order valence-corrected chi connectivity index (χ2v) is 7.32. The first-order valence-corrected chi connectivity index (χ1v) is 9.35. The van der Waals surface area contributed by atoms with Gasteiger partial charge in [0, 0.05) is 11.6 Å². The minimum absolute atomic E-state index is 0.190. The summed E-state index contributed by atoms with van der Waals surface area (Å²) in [4.78, 5) is 21.2. The Morgan fingerprint density at radius 1 is 1.23 bits per heavy atom. The molecule has 4 rings (SSSR count). The fourth-order valence-corrected chi connectivity index (χ4v) is 3.70. The smallest absolute Gasteiger partial charge is 0.261 e. The zero-order valence-corrected chi connectivity index (χ0v) is 16.5. The second kappa shape index (κ2) is 7.58. The zero-order chi connectivity index (χ0) is 21.5. The van der Waals surface area contributed by atoms with Gasteiger partial charge in [-0.1, -0.05) is 23.7 Å². The van der Waals surface area contributed by atoms with Crippen LogP contribution in [0.25, 0.3) is 10.9 Å². The van der Waals surface area contributed by atoms with Gasteiger partial charge in [0.25, 0.3) is 5.56 Å². The number of fused-ring (bicyclic) bond motifs is 1. The SMILES string of the molecule is C[C@@H](n1cnc2c(Cl)cccc2c1=O)[C@](O)(Cn1cncn1)c1ccc(F)cc1F. The van der Waals surface area contributed by atoms with Crippen LogP contribution in [0.4, 0.5) is 8.78 Å². The summed E-state index contributed by atoms with van der Waals surface area (Å²) in [5.41, 5.74) is -2.32. The van der Waals surface area contributed by atoms with Crippen molar-refractivity contribution in [2.24, 2.45) is 0 Å². The standard InChI is InChI=1S/C20H16ClF2N5O2/c1-12(28-11-25-18-14(19(28)29)3-2-4-16(18)21)20(30,8-27-10-24-9-26-27)15-6-5-13(22)7-17(15)23/h2-7,9-12,30H,8H2,1H3/t12-,20-/m1/s1. The van der Waals surface area contributed by atoms with Crippen molar-refractivity contribution >= 4 is 22.5 Å². The van der Waals surface area contributed by atoms with E-state index in [4.69, 9.17) is 11.6 Å². The van der Waals surface area contributed by atoms with Gasteiger partial charge in [-0.25, -0.2) is 23.4 Å². The Hall–Kier alpha value is -3.17. The fraction of sp³-hybridized carbons (Fsp3) is 0.200. The number of benzene rings is 2. The van der Waals surface area contributed by atoms with Crippen molar-refractivity contribution in [3.05, 3.63) is 88.0 Å². The van der Waals surface area contributed by atoms with Gasteiger partial charge in [0.05, 0.1) is 34.8 Å². The van der Waals surface area contributed by atoms with Crippen LogP contribution in [-0.2, 0) is 12.1 Å². The third kappa shape index (κ3) is 3.35. The molecule has 30 heavy (non-hydrogen) atoms. The predicted octanol–water partition coefficient (Wildman–Crippen LogP) is 3.07. The average molecular weight is 432 g/mol. The van der Waals surface area contributed by atoms with Crippen molar-refractivity contribution < 1.29 is 13.9 Å². The summed E-state index contributed by atoms with van der Waals surface area (Å²) in [6, 6.07) is 6.64. The topological polar surface area (TPSA) is 85.8 Å². The van der Waals surface area contributed by atoms with Crippen LogP contribution in [0.5, 0.6) is 0 Å². The fourth-order valence-electron chi connectivity index (χ4n) is 3.48. The summed E-state index contributed by atoms with van der Waals surface area (Å²) in [6.07, 6.45) is 3.85. The number of rotatable bonds is 5. The number of hydrogen-bond donors (Lipinski definition) is 1. The first-order valence-electron chi connectivity index (χ1n) is 8.97. The first-order chi connectivity index (χ1) is 14.3. The molecule has 0 spiro atoms. The molecule has 0 fully saturated rings. The molecular weight excluding hydrogens is 416 g/mol. The number of para-hydroxylation sites is 1. The van der Waals surface area contributed by atoms with Crippen LogP contribution in [0.15, 0.2) is 60.2 Å². The van der Waals surface area contributed by atoms with Crippen LogP contribution in [0, 0.1) is 11.6 Å². The van der Waals surface area contributed by atoms with Crippen LogP contribution in [0.3, 0.4) is 0 Å². The summed E-state index contributed by atoms with van der Waals surface area (Å²) < 4.78 is 30.7. The highest BCUT2D eigenvalue weighted by Gasteiger charge is 2.41. The van der Waals surface area contributed by atoms with E-state index in [-0.39, 0.29) is 17.5 Å². The Labute approximate surface area is 174 Å². The number of aliphatic hydroxyl groups is 1. The maximum Gasteiger partial charge on any atom is 0.261 e. The molecule has 0 bridgehead atoms. The minimum Gasteiger partial charge on any atom is -0.381 e. The Morgan fingerprint density at radius 3 is 2.73 bits per heavy atom. The lowest BCUT2D eigenvalue weighted by Crippen LogP contribution is -2.43. The number of aromatic nitrogens is 5. The molecule has 0 aliphatic carbocycles. The van der Waals surface area contributed by atoms with E-state index in [0.29, 0.717) is 16.6 Å². The van der Waals surface area contributed by atoms with Gasteiger partial charge in [-0.05, 0) is 25.1 Å². The van der Waals surface area contributed by atoms with Crippen molar-refractivity contribution in [2.45, 2.75) is 25.1 Å². The van der Waals surface area contributed by atoms with Gasteiger partial charge >= 0.3 is 0 Å². The van der Waals surface area contributed by atoms with Crippen molar-refractivity contribution in [1.29, 1.82) is 0 Å². The van der Waals surface area contributed by atoms with E-state index in [9.17, 15) is 18.7 Å². The zero-order valence-electron chi connectivity index (χ0n) is 15.7. The Morgan fingerprint density at radius 2 is 2.03 bits per heavy atom. The van der Waals surface area contributed by atoms with E-state index in [1.165, 1.54) is 28.2 Å². The lowest BCUT2D eigenvalue weighted by Gasteiger charge is -2.35. The molecule has 0 aliphatic heterocycles. The lowest BCUT2D eigenvalue weighted by molar-refractivity contribution is -0.0343. The van der Waals surface area contributed by atoms with E-state index >= 15 is 0 Å². The molecule has 2 aromatic heterocycles. The van der Waals surface area contributed by atoms with Gasteiger partial charge in [0.2, 0.25) is 0 Å². The summed E-state index contributed by atoms with van der Waals surface area (Å²) in [7, 11) is 0. The lowest BCUT2D eigenvalue weighted by atomic mass is 9.86. The predicted molar refractivity (Wildman–Crippen MR) is 106 cm³/mol. The highest BCUT2D eigenvalue weighted by molar-refractivity contribution is 6.34. The normalized spacial score (nSPS) is 14.6. The van der Waals surface area contributed by atoms with Gasteiger partial charge in [0.1, 0.15) is 29.9 Å².